The minimum Gasteiger partial charge on any atom is -0.308 e. The van der Waals surface area contributed by atoms with Gasteiger partial charge in [-0.15, -0.1) is 10.2 Å². The third-order valence-electron chi connectivity index (χ3n) is 3.35. The zero-order valence-corrected chi connectivity index (χ0v) is 12.8. The fraction of sp³-hybridized carbons (Fsp3) is 0.385. The molecule has 122 valence electrons. The van der Waals surface area contributed by atoms with Gasteiger partial charge in [-0.05, 0) is 18.6 Å². The van der Waals surface area contributed by atoms with Gasteiger partial charge in [0.05, 0.1) is 17.1 Å². The third kappa shape index (κ3) is 3.31. The number of carbonyl (C=O) groups excluding carboxylic acids is 1. The summed E-state index contributed by atoms with van der Waals surface area (Å²) in [6.45, 7) is 0.538. The number of carbonyl (C=O) groups is 1. The van der Waals surface area contributed by atoms with Crippen LogP contribution in [0.15, 0.2) is 29.6 Å². The van der Waals surface area contributed by atoms with E-state index < -0.39 is 11.9 Å². The summed E-state index contributed by atoms with van der Waals surface area (Å²) >= 11 is 1.12. The normalized spacial score (nSPS) is 18.7. The highest BCUT2D eigenvalue weighted by Gasteiger charge is 2.35. The van der Waals surface area contributed by atoms with Crippen LogP contribution in [0.25, 0.3) is 0 Å². The molecule has 0 spiro atoms. The van der Waals surface area contributed by atoms with E-state index in [0.29, 0.717) is 23.7 Å². The van der Waals surface area contributed by atoms with Gasteiger partial charge in [0.25, 0.3) is 0 Å². The molecule has 0 saturated carbocycles. The van der Waals surface area contributed by atoms with Crippen molar-refractivity contribution in [1.29, 1.82) is 0 Å². The summed E-state index contributed by atoms with van der Waals surface area (Å²) < 4.78 is 38.9. The predicted octanol–water partition coefficient (Wildman–Crippen LogP) is 2.13. The molecule has 1 fully saturated rings. The predicted molar refractivity (Wildman–Crippen MR) is 76.9 cm³/mol. The second-order valence-corrected chi connectivity index (χ2v) is 6.23. The Hall–Kier alpha value is -2.10. The summed E-state index contributed by atoms with van der Waals surface area (Å²) in [6.07, 6.45) is -0.594. The van der Waals surface area contributed by atoms with Crippen molar-refractivity contribution in [3.05, 3.63) is 30.2 Å². The van der Waals surface area contributed by atoms with Crippen LogP contribution in [-0.4, -0.2) is 37.7 Å². The van der Waals surface area contributed by atoms with Gasteiger partial charge in [0.2, 0.25) is 5.91 Å². The maximum absolute atomic E-state index is 12.4. The molecule has 1 unspecified atom stereocenters. The summed E-state index contributed by atoms with van der Waals surface area (Å²) in [5.41, 5.74) is -0.337. The first-order chi connectivity index (χ1) is 10.8. The molecular formula is C13H12F3N5OS. The van der Waals surface area contributed by atoms with E-state index in [1.165, 1.54) is 6.07 Å². The van der Waals surface area contributed by atoms with E-state index in [1.54, 1.807) is 29.0 Å². The van der Waals surface area contributed by atoms with E-state index >= 15 is 0 Å². The maximum Gasteiger partial charge on any atom is 0.435 e. The summed E-state index contributed by atoms with van der Waals surface area (Å²) in [7, 11) is 1.76. The zero-order chi connectivity index (χ0) is 16.6. The van der Waals surface area contributed by atoms with E-state index in [0.717, 1.165) is 17.8 Å². The number of alkyl halides is 3. The number of rotatable bonds is 3. The van der Waals surface area contributed by atoms with Gasteiger partial charge >= 0.3 is 6.18 Å². The van der Waals surface area contributed by atoms with Gasteiger partial charge in [-0.25, -0.2) is 0 Å². The van der Waals surface area contributed by atoms with Gasteiger partial charge in [-0.3, -0.25) is 9.48 Å². The number of aryl methyl sites for hydroxylation is 1. The number of amides is 1. The standard InChI is InChI=1S/C13H12F3N5OS/c1-20-7-8(6-17-20)21-5-4-9(12(21)22)23-11-3-2-10(18-19-11)13(14,15)16/h2-3,6-7,9H,4-5H2,1H3. The smallest absolute Gasteiger partial charge is 0.308 e. The Balaban J connectivity index is 1.68. The van der Waals surface area contributed by atoms with Crippen molar-refractivity contribution in [2.24, 2.45) is 7.05 Å². The lowest BCUT2D eigenvalue weighted by atomic mass is 10.4. The number of anilines is 1. The molecular weight excluding hydrogens is 331 g/mol. The molecule has 0 aliphatic carbocycles. The lowest BCUT2D eigenvalue weighted by molar-refractivity contribution is -0.141. The molecule has 0 N–H and O–H groups in total. The Morgan fingerprint density at radius 3 is 2.65 bits per heavy atom. The first-order valence-corrected chi connectivity index (χ1v) is 7.60. The molecule has 2 aromatic heterocycles. The fourth-order valence-electron chi connectivity index (χ4n) is 2.25. The van der Waals surface area contributed by atoms with Crippen LogP contribution in [0, 0.1) is 0 Å². The molecule has 1 amide bonds. The minimum atomic E-state index is -4.52. The van der Waals surface area contributed by atoms with E-state index in [-0.39, 0.29) is 11.2 Å². The van der Waals surface area contributed by atoms with E-state index in [1.807, 2.05) is 0 Å². The maximum atomic E-state index is 12.4. The molecule has 2 aromatic rings. The molecule has 3 heterocycles. The molecule has 0 bridgehead atoms. The zero-order valence-electron chi connectivity index (χ0n) is 12.0. The van der Waals surface area contributed by atoms with Crippen molar-refractivity contribution < 1.29 is 18.0 Å². The first kappa shape index (κ1) is 15.8. The van der Waals surface area contributed by atoms with E-state index in [2.05, 4.69) is 15.3 Å². The number of hydrogen-bond donors (Lipinski definition) is 0. The molecule has 1 aliphatic rings. The largest absolute Gasteiger partial charge is 0.435 e. The summed E-state index contributed by atoms with van der Waals surface area (Å²) in [4.78, 5) is 14.0. The number of hydrogen-bond acceptors (Lipinski definition) is 5. The van der Waals surface area contributed by atoms with Crippen molar-refractivity contribution in [1.82, 2.24) is 20.0 Å². The van der Waals surface area contributed by atoms with Gasteiger partial charge in [-0.1, -0.05) is 11.8 Å². The van der Waals surface area contributed by atoms with Crippen LogP contribution >= 0.6 is 11.8 Å². The number of aromatic nitrogens is 4. The quantitative estimate of drug-likeness (QED) is 0.854. The van der Waals surface area contributed by atoms with Crippen molar-refractivity contribution in [3.63, 3.8) is 0 Å². The van der Waals surface area contributed by atoms with Crippen LogP contribution in [-0.2, 0) is 18.0 Å². The molecule has 1 saturated heterocycles. The molecule has 6 nitrogen and oxygen atoms in total. The van der Waals surface area contributed by atoms with Crippen LogP contribution in [0.3, 0.4) is 0 Å². The van der Waals surface area contributed by atoms with Crippen molar-refractivity contribution >= 4 is 23.4 Å². The van der Waals surface area contributed by atoms with Gasteiger partial charge in [0, 0.05) is 19.8 Å². The second kappa shape index (κ2) is 5.84. The van der Waals surface area contributed by atoms with Gasteiger partial charge in [0.1, 0.15) is 5.03 Å². The first-order valence-electron chi connectivity index (χ1n) is 6.72. The molecule has 10 heteroatoms. The molecule has 0 radical (unpaired) electrons. The van der Waals surface area contributed by atoms with Crippen LogP contribution in [0.2, 0.25) is 0 Å². The van der Waals surface area contributed by atoms with Crippen LogP contribution in [0.4, 0.5) is 18.9 Å². The lowest BCUT2D eigenvalue weighted by Gasteiger charge is -2.13. The van der Waals surface area contributed by atoms with Crippen molar-refractivity contribution in [2.75, 3.05) is 11.4 Å². The van der Waals surface area contributed by atoms with Gasteiger partial charge in [0.15, 0.2) is 5.69 Å². The van der Waals surface area contributed by atoms with Crippen LogP contribution in [0.5, 0.6) is 0 Å². The Bertz CT molecular complexity index is 715. The van der Waals surface area contributed by atoms with Crippen LogP contribution < -0.4 is 4.90 Å². The highest BCUT2D eigenvalue weighted by molar-refractivity contribution is 8.00. The summed E-state index contributed by atoms with van der Waals surface area (Å²) in [5, 5.41) is 10.6. The molecule has 3 rings (SSSR count). The monoisotopic (exact) mass is 343 g/mol. The van der Waals surface area contributed by atoms with E-state index in [9.17, 15) is 18.0 Å². The minimum absolute atomic E-state index is 0.107. The van der Waals surface area contributed by atoms with Gasteiger partial charge in [-0.2, -0.15) is 18.3 Å². The fourth-order valence-corrected chi connectivity index (χ4v) is 3.22. The van der Waals surface area contributed by atoms with Crippen LogP contribution in [0.1, 0.15) is 12.1 Å². The molecule has 23 heavy (non-hydrogen) atoms. The summed E-state index contributed by atoms with van der Waals surface area (Å²) in [5.74, 6) is -0.107. The highest BCUT2D eigenvalue weighted by Crippen LogP contribution is 2.33. The Morgan fingerprint density at radius 1 is 1.30 bits per heavy atom. The number of halogens is 3. The highest BCUT2D eigenvalue weighted by atomic mass is 32.2. The topological polar surface area (TPSA) is 63.9 Å². The molecule has 0 aromatic carbocycles. The lowest BCUT2D eigenvalue weighted by Crippen LogP contribution is -2.27. The second-order valence-electron chi connectivity index (χ2n) is 5.01. The van der Waals surface area contributed by atoms with Crippen molar-refractivity contribution in [3.8, 4) is 0 Å². The third-order valence-corrected chi connectivity index (χ3v) is 4.53. The number of thioether (sulfide) groups is 1. The molecule has 1 atom stereocenters. The molecule has 1 aliphatic heterocycles. The average Bonchev–Trinajstić information content (AvgIpc) is 3.06. The Labute approximate surface area is 133 Å². The average molecular weight is 343 g/mol. The SMILES string of the molecule is Cn1cc(N2CCC(Sc3ccc(C(F)(F)F)nn3)C2=O)cn1. The number of nitrogens with zero attached hydrogens (tertiary/aromatic N) is 5. The van der Waals surface area contributed by atoms with E-state index in [4.69, 9.17) is 0 Å². The van der Waals surface area contributed by atoms with Gasteiger partial charge < -0.3 is 4.90 Å². The van der Waals surface area contributed by atoms with Crippen molar-refractivity contribution in [2.45, 2.75) is 22.9 Å². The Morgan fingerprint density at radius 2 is 2.09 bits per heavy atom. The summed E-state index contributed by atoms with van der Waals surface area (Å²) in [6, 6.07) is 2.11. The Kier molecular flexibility index (Phi) is 4.00.